The van der Waals surface area contributed by atoms with Gasteiger partial charge in [0, 0.05) is 30.7 Å². The molecule has 0 bridgehead atoms. The molecule has 0 atom stereocenters. The zero-order chi connectivity index (χ0) is 14.1. The maximum atomic E-state index is 5.48. The van der Waals surface area contributed by atoms with Crippen LogP contribution < -0.4 is 5.32 Å². The first kappa shape index (κ1) is 16.4. The quantitative estimate of drug-likeness (QED) is 0.588. The summed E-state index contributed by atoms with van der Waals surface area (Å²) in [6.07, 6.45) is 0.985. The van der Waals surface area contributed by atoms with E-state index < -0.39 is 0 Å². The monoisotopic (exact) mass is 300 g/mol. The van der Waals surface area contributed by atoms with Gasteiger partial charge in [-0.05, 0) is 50.9 Å². The van der Waals surface area contributed by atoms with Crippen molar-refractivity contribution in [3.05, 3.63) is 22.4 Å². The predicted molar refractivity (Wildman–Crippen MR) is 86.7 cm³/mol. The van der Waals surface area contributed by atoms with Gasteiger partial charge in [0.1, 0.15) is 0 Å². The van der Waals surface area contributed by atoms with E-state index in [1.807, 2.05) is 6.92 Å². The molecule has 3 nitrogen and oxygen atoms in total. The van der Waals surface area contributed by atoms with Crippen molar-refractivity contribution in [3.63, 3.8) is 0 Å². The normalized spacial score (nSPS) is 10.7. The lowest BCUT2D eigenvalue weighted by molar-refractivity contribution is 0.145. The summed E-state index contributed by atoms with van der Waals surface area (Å²) in [5, 5.41) is 6.25. The molecule has 108 valence electrons. The molecule has 0 aromatic carbocycles. The van der Waals surface area contributed by atoms with E-state index in [-0.39, 0.29) is 0 Å². The minimum Gasteiger partial charge on any atom is -0.382 e. The van der Waals surface area contributed by atoms with Gasteiger partial charge in [-0.3, -0.25) is 0 Å². The largest absolute Gasteiger partial charge is 0.382 e. The molecule has 0 unspecified atom stereocenters. The summed E-state index contributed by atoms with van der Waals surface area (Å²) >= 11 is 7.25. The maximum absolute atomic E-state index is 5.48. The number of hydrogen-bond donors (Lipinski definition) is 1. The molecular formula is C14H24N2OS2. The van der Waals surface area contributed by atoms with Crippen LogP contribution in [0.4, 0.5) is 0 Å². The fourth-order valence-corrected chi connectivity index (χ4v) is 2.75. The van der Waals surface area contributed by atoms with Crippen molar-refractivity contribution in [1.29, 1.82) is 0 Å². The first-order chi connectivity index (χ1) is 9.15. The van der Waals surface area contributed by atoms with E-state index in [0.29, 0.717) is 6.04 Å². The summed E-state index contributed by atoms with van der Waals surface area (Å²) < 4.78 is 5.31. The van der Waals surface area contributed by atoms with Crippen LogP contribution in [-0.2, 0) is 11.3 Å². The highest BCUT2D eigenvalue weighted by molar-refractivity contribution is 7.80. The van der Waals surface area contributed by atoms with E-state index in [1.165, 1.54) is 4.88 Å². The number of thiophene rings is 1. The Morgan fingerprint density at radius 2 is 2.32 bits per heavy atom. The third-order valence-corrected chi connectivity index (χ3v) is 3.98. The van der Waals surface area contributed by atoms with E-state index in [0.717, 1.165) is 37.8 Å². The molecule has 1 rings (SSSR count). The Balaban J connectivity index is 2.36. The topological polar surface area (TPSA) is 24.5 Å². The molecule has 0 aliphatic carbocycles. The molecule has 0 aliphatic heterocycles. The van der Waals surface area contributed by atoms with Gasteiger partial charge in [-0.15, -0.1) is 11.3 Å². The zero-order valence-electron chi connectivity index (χ0n) is 12.0. The predicted octanol–water partition coefficient (Wildman–Crippen LogP) is 3.26. The van der Waals surface area contributed by atoms with Crippen LogP contribution in [0.15, 0.2) is 17.5 Å². The number of nitrogens with zero attached hydrogens (tertiary/aromatic N) is 1. The van der Waals surface area contributed by atoms with Crippen LogP contribution >= 0.6 is 23.6 Å². The average molecular weight is 300 g/mol. The minimum atomic E-state index is 0.397. The van der Waals surface area contributed by atoms with Gasteiger partial charge in [-0.1, -0.05) is 6.07 Å². The van der Waals surface area contributed by atoms with Crippen molar-refractivity contribution >= 4 is 28.7 Å². The third-order valence-electron chi connectivity index (χ3n) is 2.74. The summed E-state index contributed by atoms with van der Waals surface area (Å²) in [6.45, 7) is 9.67. The van der Waals surface area contributed by atoms with Gasteiger partial charge in [0.2, 0.25) is 0 Å². The molecule has 0 radical (unpaired) electrons. The second-order valence-corrected chi connectivity index (χ2v) is 6.00. The molecule has 0 saturated carbocycles. The van der Waals surface area contributed by atoms with E-state index in [2.05, 4.69) is 41.6 Å². The Bertz CT molecular complexity index is 352. The fourth-order valence-electron chi connectivity index (χ4n) is 1.67. The van der Waals surface area contributed by atoms with Gasteiger partial charge in [0.25, 0.3) is 0 Å². The maximum Gasteiger partial charge on any atom is 0.169 e. The van der Waals surface area contributed by atoms with Crippen LogP contribution in [0, 0.1) is 0 Å². The van der Waals surface area contributed by atoms with Crippen molar-refractivity contribution in [2.24, 2.45) is 0 Å². The molecule has 1 aromatic rings. The first-order valence-corrected chi connectivity index (χ1v) is 8.08. The van der Waals surface area contributed by atoms with Crippen molar-refractivity contribution in [3.8, 4) is 0 Å². The Kier molecular flexibility index (Phi) is 8.02. The first-order valence-electron chi connectivity index (χ1n) is 6.79. The van der Waals surface area contributed by atoms with Gasteiger partial charge in [-0.2, -0.15) is 0 Å². The second kappa shape index (κ2) is 9.28. The third kappa shape index (κ3) is 6.36. The lowest BCUT2D eigenvalue weighted by atomic mass is 10.3. The van der Waals surface area contributed by atoms with Crippen molar-refractivity contribution in [2.75, 3.05) is 19.8 Å². The van der Waals surface area contributed by atoms with Gasteiger partial charge in [0.05, 0.1) is 6.54 Å². The Morgan fingerprint density at radius 1 is 1.53 bits per heavy atom. The van der Waals surface area contributed by atoms with Crippen molar-refractivity contribution in [1.82, 2.24) is 10.2 Å². The van der Waals surface area contributed by atoms with Gasteiger partial charge >= 0.3 is 0 Å². The molecule has 1 heterocycles. The Labute approximate surface area is 126 Å². The molecule has 19 heavy (non-hydrogen) atoms. The minimum absolute atomic E-state index is 0.397. The molecule has 1 aromatic heterocycles. The molecule has 0 fully saturated rings. The standard InChI is InChI=1S/C14H24N2OS2/c1-4-17-9-6-8-15-14(18)16(12(2)3)11-13-7-5-10-19-13/h5,7,10,12H,4,6,8-9,11H2,1-3H3,(H,15,18). The van der Waals surface area contributed by atoms with E-state index in [1.54, 1.807) is 11.3 Å². The number of hydrogen-bond acceptors (Lipinski definition) is 3. The highest BCUT2D eigenvalue weighted by Crippen LogP contribution is 2.14. The molecule has 5 heteroatoms. The van der Waals surface area contributed by atoms with E-state index >= 15 is 0 Å². The Morgan fingerprint density at radius 3 is 2.89 bits per heavy atom. The van der Waals surface area contributed by atoms with E-state index in [4.69, 9.17) is 17.0 Å². The molecule has 1 N–H and O–H groups in total. The van der Waals surface area contributed by atoms with Crippen LogP contribution in [0.2, 0.25) is 0 Å². The van der Waals surface area contributed by atoms with Crippen LogP contribution in [0.1, 0.15) is 32.1 Å². The summed E-state index contributed by atoms with van der Waals surface area (Å²) in [5.74, 6) is 0. The van der Waals surface area contributed by atoms with Crippen molar-refractivity contribution < 1.29 is 4.74 Å². The zero-order valence-corrected chi connectivity index (χ0v) is 13.6. The molecule has 0 amide bonds. The number of nitrogens with one attached hydrogen (secondary N) is 1. The Hall–Kier alpha value is -0.650. The SMILES string of the molecule is CCOCCCNC(=S)N(Cc1cccs1)C(C)C. The molecule has 0 saturated heterocycles. The van der Waals surface area contributed by atoms with Crippen molar-refractivity contribution in [2.45, 2.75) is 39.8 Å². The lowest BCUT2D eigenvalue weighted by Crippen LogP contribution is -2.43. The fraction of sp³-hybridized carbons (Fsp3) is 0.643. The van der Waals surface area contributed by atoms with Gasteiger partial charge < -0.3 is 15.0 Å². The van der Waals surface area contributed by atoms with E-state index in [9.17, 15) is 0 Å². The summed E-state index contributed by atoms with van der Waals surface area (Å²) in [6, 6.07) is 4.63. The summed E-state index contributed by atoms with van der Waals surface area (Å²) in [5.41, 5.74) is 0. The second-order valence-electron chi connectivity index (χ2n) is 4.58. The van der Waals surface area contributed by atoms with Crippen LogP contribution in [0.25, 0.3) is 0 Å². The van der Waals surface area contributed by atoms with Crippen LogP contribution in [-0.4, -0.2) is 35.8 Å². The molecule has 0 aliphatic rings. The number of ether oxygens (including phenoxy) is 1. The van der Waals surface area contributed by atoms with Crippen LogP contribution in [0.3, 0.4) is 0 Å². The lowest BCUT2D eigenvalue weighted by Gasteiger charge is -2.29. The highest BCUT2D eigenvalue weighted by atomic mass is 32.1. The molecular weight excluding hydrogens is 276 g/mol. The molecule has 0 spiro atoms. The van der Waals surface area contributed by atoms with Gasteiger partial charge in [-0.25, -0.2) is 0 Å². The number of rotatable bonds is 8. The average Bonchev–Trinajstić information content (AvgIpc) is 2.88. The van der Waals surface area contributed by atoms with Crippen LogP contribution in [0.5, 0.6) is 0 Å². The smallest absolute Gasteiger partial charge is 0.169 e. The highest BCUT2D eigenvalue weighted by Gasteiger charge is 2.13. The number of thiocarbonyl (C=S) groups is 1. The van der Waals surface area contributed by atoms with Gasteiger partial charge in [0.15, 0.2) is 5.11 Å². The summed E-state index contributed by atoms with van der Waals surface area (Å²) in [7, 11) is 0. The summed E-state index contributed by atoms with van der Waals surface area (Å²) in [4.78, 5) is 3.56.